The molecule has 0 aromatic carbocycles. The van der Waals surface area contributed by atoms with E-state index in [4.69, 9.17) is 4.74 Å². The Morgan fingerprint density at radius 2 is 1.97 bits per heavy atom. The van der Waals surface area contributed by atoms with Crippen LogP contribution in [0.1, 0.15) is 25.7 Å². The predicted octanol–water partition coefficient (Wildman–Crippen LogP) is 1.23. The van der Waals surface area contributed by atoms with Gasteiger partial charge in [-0.1, -0.05) is 0 Å². The third-order valence-electron chi connectivity index (χ3n) is 7.06. The third-order valence-corrected chi connectivity index (χ3v) is 7.06. The number of aromatic nitrogens is 2. The van der Waals surface area contributed by atoms with Gasteiger partial charge >= 0.3 is 6.18 Å². The Kier molecular flexibility index (Phi) is 5.10. The molecule has 8 nitrogen and oxygen atoms in total. The highest BCUT2D eigenvalue weighted by atomic mass is 19.4. The van der Waals surface area contributed by atoms with Crippen LogP contribution in [0.2, 0.25) is 0 Å². The van der Waals surface area contributed by atoms with Crippen LogP contribution in [-0.4, -0.2) is 78.0 Å². The van der Waals surface area contributed by atoms with E-state index in [0.29, 0.717) is 44.9 Å². The molecule has 31 heavy (non-hydrogen) atoms. The number of anilines is 2. The van der Waals surface area contributed by atoms with Crippen LogP contribution in [0.3, 0.4) is 0 Å². The van der Waals surface area contributed by atoms with Crippen molar-refractivity contribution in [2.45, 2.75) is 56.6 Å². The van der Waals surface area contributed by atoms with Crippen molar-refractivity contribution in [3.8, 4) is 0 Å². The number of halogens is 3. The summed E-state index contributed by atoms with van der Waals surface area (Å²) in [5.41, 5.74) is -0.315. The van der Waals surface area contributed by atoms with Gasteiger partial charge in [0.05, 0.1) is 18.8 Å². The maximum Gasteiger partial charge on any atom is 0.408 e. The summed E-state index contributed by atoms with van der Waals surface area (Å²) in [7, 11) is 0. The first kappa shape index (κ1) is 20.6. The molecule has 0 N–H and O–H groups in total. The van der Waals surface area contributed by atoms with Crippen LogP contribution in [0, 0.1) is 5.92 Å². The smallest absolute Gasteiger partial charge is 0.374 e. The molecule has 1 amide bonds. The lowest BCUT2D eigenvalue weighted by Crippen LogP contribution is -2.54. The molecule has 3 saturated heterocycles. The maximum absolute atomic E-state index is 13.9. The van der Waals surface area contributed by atoms with E-state index in [2.05, 4.69) is 4.98 Å². The first-order valence-corrected chi connectivity index (χ1v) is 10.9. The van der Waals surface area contributed by atoms with E-state index in [-0.39, 0.29) is 49.1 Å². The molecule has 3 atom stereocenters. The van der Waals surface area contributed by atoms with Crippen molar-refractivity contribution in [3.05, 3.63) is 16.4 Å². The van der Waals surface area contributed by atoms with Crippen LogP contribution in [0.4, 0.5) is 24.9 Å². The summed E-state index contributed by atoms with van der Waals surface area (Å²) in [6.45, 7) is 2.40. The summed E-state index contributed by atoms with van der Waals surface area (Å²) in [6.07, 6.45) is -1.59. The number of fused-ring (bicyclic) bond motifs is 3. The third kappa shape index (κ3) is 3.77. The summed E-state index contributed by atoms with van der Waals surface area (Å²) in [5, 5.41) is 0. The zero-order valence-electron chi connectivity index (χ0n) is 17.1. The van der Waals surface area contributed by atoms with Gasteiger partial charge in [0.25, 0.3) is 5.56 Å². The highest BCUT2D eigenvalue weighted by Crippen LogP contribution is 2.37. The van der Waals surface area contributed by atoms with Crippen molar-refractivity contribution in [3.63, 3.8) is 0 Å². The fraction of sp³-hybridized carbons (Fsp3) is 0.750. The second kappa shape index (κ2) is 7.68. The first-order valence-electron chi connectivity index (χ1n) is 10.9. The quantitative estimate of drug-likeness (QED) is 0.655. The molecule has 4 aliphatic rings. The number of ether oxygens (including phenoxy) is 1. The number of piperidine rings is 1. The van der Waals surface area contributed by atoms with Crippen LogP contribution in [0.25, 0.3) is 0 Å². The Morgan fingerprint density at radius 3 is 2.58 bits per heavy atom. The molecule has 0 spiro atoms. The summed E-state index contributed by atoms with van der Waals surface area (Å²) in [6, 6.07) is -0.112. The minimum Gasteiger partial charge on any atom is -0.374 e. The molecule has 0 radical (unpaired) electrons. The van der Waals surface area contributed by atoms with E-state index < -0.39 is 12.2 Å². The number of nitrogens with zero attached hydrogens (tertiary/aromatic N) is 5. The van der Waals surface area contributed by atoms with Crippen molar-refractivity contribution in [1.29, 1.82) is 0 Å². The van der Waals surface area contributed by atoms with Gasteiger partial charge in [0.15, 0.2) is 0 Å². The number of carbonyl (C=O) groups is 1. The SMILES string of the molecule is O=CN1CCC(CN2c3nc(N4C[C@@H]5C[C@H]4CO5)cc(=O)n3CC[C@H]2C(F)(F)F)CC1. The van der Waals surface area contributed by atoms with Gasteiger partial charge in [-0.15, -0.1) is 0 Å². The highest BCUT2D eigenvalue weighted by molar-refractivity contribution is 5.49. The van der Waals surface area contributed by atoms with Gasteiger partial charge in [0.1, 0.15) is 11.9 Å². The number of hydrogen-bond donors (Lipinski definition) is 0. The normalized spacial score (nSPS) is 28.9. The van der Waals surface area contributed by atoms with Crippen LogP contribution in [-0.2, 0) is 16.1 Å². The van der Waals surface area contributed by atoms with Gasteiger partial charge in [-0.25, -0.2) is 0 Å². The van der Waals surface area contributed by atoms with Crippen molar-refractivity contribution < 1.29 is 22.7 Å². The monoisotopic (exact) mass is 441 g/mol. The Bertz CT molecular complexity index is 899. The molecule has 3 fully saturated rings. The zero-order chi connectivity index (χ0) is 21.8. The van der Waals surface area contributed by atoms with Crippen LogP contribution in [0.5, 0.6) is 0 Å². The van der Waals surface area contributed by atoms with E-state index in [0.717, 1.165) is 12.8 Å². The molecule has 5 rings (SSSR count). The topological polar surface area (TPSA) is 70.9 Å². The van der Waals surface area contributed by atoms with E-state index >= 15 is 0 Å². The molecule has 4 aliphatic heterocycles. The van der Waals surface area contributed by atoms with Crippen LogP contribution >= 0.6 is 0 Å². The largest absolute Gasteiger partial charge is 0.408 e. The van der Waals surface area contributed by atoms with Gasteiger partial charge in [-0.05, 0) is 31.6 Å². The Labute approximate surface area is 177 Å². The van der Waals surface area contributed by atoms with Gasteiger partial charge in [0, 0.05) is 38.8 Å². The van der Waals surface area contributed by atoms with Crippen LogP contribution in [0.15, 0.2) is 10.9 Å². The number of rotatable bonds is 4. The van der Waals surface area contributed by atoms with Crippen molar-refractivity contribution in [2.24, 2.45) is 5.92 Å². The maximum atomic E-state index is 13.9. The molecule has 0 saturated carbocycles. The average Bonchev–Trinajstić information content (AvgIpc) is 3.37. The standard InChI is InChI=1S/C20H26F3N5O3/c21-20(22,23)16-3-6-26-18(30)8-17(27-10-15-7-14(27)11-31-15)24-19(26)28(16)9-13-1-4-25(12-29)5-2-13/h8,12-16H,1-7,9-11H2/t14-,15-,16-/m0/s1. The zero-order valence-corrected chi connectivity index (χ0v) is 17.1. The van der Waals surface area contributed by atoms with Crippen molar-refractivity contribution in [2.75, 3.05) is 42.6 Å². The minimum absolute atomic E-state index is 0.000867. The molecule has 1 aromatic heterocycles. The Balaban J connectivity index is 1.47. The fourth-order valence-electron chi connectivity index (χ4n) is 5.35. The molecule has 11 heteroatoms. The average molecular weight is 441 g/mol. The molecule has 170 valence electrons. The van der Waals surface area contributed by atoms with Crippen molar-refractivity contribution in [1.82, 2.24) is 14.5 Å². The molecule has 0 unspecified atom stereocenters. The van der Waals surface area contributed by atoms with Gasteiger partial charge in [-0.3, -0.25) is 14.2 Å². The van der Waals surface area contributed by atoms with E-state index in [9.17, 15) is 22.8 Å². The van der Waals surface area contributed by atoms with Gasteiger partial charge in [-0.2, -0.15) is 18.2 Å². The summed E-state index contributed by atoms with van der Waals surface area (Å²) >= 11 is 0. The number of amides is 1. The molecular weight excluding hydrogens is 415 g/mol. The molecule has 5 heterocycles. The number of alkyl halides is 3. The fourth-order valence-corrected chi connectivity index (χ4v) is 5.35. The summed E-state index contributed by atoms with van der Waals surface area (Å²) in [5.74, 6) is 0.553. The molecular formula is C20H26F3N5O3. The number of likely N-dealkylation sites (tertiary alicyclic amines) is 1. The first-order chi connectivity index (χ1) is 14.8. The number of carbonyl (C=O) groups excluding carboxylic acids is 1. The van der Waals surface area contributed by atoms with E-state index in [1.165, 1.54) is 15.5 Å². The second-order valence-electron chi connectivity index (χ2n) is 8.98. The Hall–Kier alpha value is -2.30. The van der Waals surface area contributed by atoms with Gasteiger partial charge < -0.3 is 19.4 Å². The molecule has 1 aromatic rings. The van der Waals surface area contributed by atoms with E-state index in [1.54, 1.807) is 4.90 Å². The summed E-state index contributed by atoms with van der Waals surface area (Å²) in [4.78, 5) is 33.3. The lowest BCUT2D eigenvalue weighted by atomic mass is 9.95. The highest BCUT2D eigenvalue weighted by Gasteiger charge is 2.48. The van der Waals surface area contributed by atoms with Crippen molar-refractivity contribution >= 4 is 18.2 Å². The molecule has 2 bridgehead atoms. The van der Waals surface area contributed by atoms with Crippen LogP contribution < -0.4 is 15.4 Å². The number of hydrogen-bond acceptors (Lipinski definition) is 6. The second-order valence-corrected chi connectivity index (χ2v) is 8.98. The predicted molar refractivity (Wildman–Crippen MR) is 106 cm³/mol. The van der Waals surface area contributed by atoms with E-state index in [1.807, 2.05) is 4.90 Å². The lowest BCUT2D eigenvalue weighted by Gasteiger charge is -2.42. The molecule has 0 aliphatic carbocycles. The Morgan fingerprint density at radius 1 is 1.19 bits per heavy atom. The lowest BCUT2D eigenvalue weighted by molar-refractivity contribution is -0.153. The minimum atomic E-state index is -4.41. The van der Waals surface area contributed by atoms with Gasteiger partial charge in [0.2, 0.25) is 12.4 Å². The summed E-state index contributed by atoms with van der Waals surface area (Å²) < 4.78 is 48.8. The number of morpholine rings is 1.